The van der Waals surface area contributed by atoms with Crippen LogP contribution in [0.25, 0.3) is 11.5 Å². The van der Waals surface area contributed by atoms with Crippen molar-refractivity contribution in [2.75, 3.05) is 0 Å². The van der Waals surface area contributed by atoms with Crippen molar-refractivity contribution in [2.24, 2.45) is 5.73 Å². The first-order chi connectivity index (χ1) is 8.13. The average Bonchev–Trinajstić information content (AvgIpc) is 2.73. The van der Waals surface area contributed by atoms with Crippen LogP contribution in [0, 0.1) is 0 Å². The molecular weight excluding hydrogens is 288 g/mol. The van der Waals surface area contributed by atoms with Gasteiger partial charge in [-0.25, -0.2) is 9.78 Å². The van der Waals surface area contributed by atoms with Gasteiger partial charge in [-0.2, -0.15) is 0 Å². The zero-order valence-electron chi connectivity index (χ0n) is 8.68. The van der Waals surface area contributed by atoms with Gasteiger partial charge in [0.1, 0.15) is 5.69 Å². The normalized spacial score (nSPS) is 10.5. The Bertz CT molecular complexity index is 566. The molecule has 0 aliphatic rings. The van der Waals surface area contributed by atoms with E-state index in [0.717, 1.165) is 4.47 Å². The summed E-state index contributed by atoms with van der Waals surface area (Å²) >= 11 is 3.35. The molecule has 3 N–H and O–H groups in total. The molecule has 0 aliphatic carbocycles. The van der Waals surface area contributed by atoms with Crippen LogP contribution < -0.4 is 5.73 Å². The van der Waals surface area contributed by atoms with Gasteiger partial charge in [-0.1, -0.05) is 12.1 Å². The van der Waals surface area contributed by atoms with Crippen molar-refractivity contribution < 1.29 is 14.3 Å². The van der Waals surface area contributed by atoms with E-state index in [1.807, 2.05) is 18.2 Å². The minimum Gasteiger partial charge on any atom is -0.475 e. The van der Waals surface area contributed by atoms with Crippen LogP contribution in [0.5, 0.6) is 0 Å². The number of hydrogen-bond acceptors (Lipinski definition) is 4. The van der Waals surface area contributed by atoms with Crippen LogP contribution in [0.2, 0.25) is 0 Å². The number of rotatable bonds is 3. The van der Waals surface area contributed by atoms with Gasteiger partial charge in [0.25, 0.3) is 0 Å². The summed E-state index contributed by atoms with van der Waals surface area (Å²) in [7, 11) is 0. The molecule has 1 heterocycles. The molecule has 2 rings (SSSR count). The second kappa shape index (κ2) is 4.68. The molecule has 0 saturated heterocycles. The molecule has 0 saturated carbocycles. The highest BCUT2D eigenvalue weighted by Gasteiger charge is 2.20. The van der Waals surface area contributed by atoms with Crippen molar-refractivity contribution in [3.05, 3.63) is 40.2 Å². The van der Waals surface area contributed by atoms with E-state index in [9.17, 15) is 4.79 Å². The van der Waals surface area contributed by atoms with Gasteiger partial charge < -0.3 is 15.3 Å². The molecule has 0 unspecified atom stereocenters. The molecule has 1 aromatic heterocycles. The molecule has 5 nitrogen and oxygen atoms in total. The summed E-state index contributed by atoms with van der Waals surface area (Å²) in [6.07, 6.45) is 0. The molecule has 2 aromatic rings. The number of hydrogen-bond donors (Lipinski definition) is 2. The van der Waals surface area contributed by atoms with Gasteiger partial charge in [0.05, 0.1) is 5.56 Å². The molecule has 0 radical (unpaired) electrons. The molecule has 0 atom stereocenters. The largest absolute Gasteiger partial charge is 0.475 e. The molecular formula is C11H9BrN2O3. The summed E-state index contributed by atoms with van der Waals surface area (Å²) in [5, 5.41) is 8.93. The van der Waals surface area contributed by atoms with Gasteiger partial charge in [0.15, 0.2) is 0 Å². The quantitative estimate of drug-likeness (QED) is 0.907. The second-order valence-corrected chi connectivity index (χ2v) is 4.14. The second-order valence-electron chi connectivity index (χ2n) is 3.28. The smallest absolute Gasteiger partial charge is 0.373 e. The van der Waals surface area contributed by atoms with Gasteiger partial charge in [0, 0.05) is 11.0 Å². The Morgan fingerprint density at radius 1 is 1.47 bits per heavy atom. The minimum absolute atomic E-state index is 0.0234. The number of aromatic nitrogens is 1. The van der Waals surface area contributed by atoms with Gasteiger partial charge in [-0.05, 0) is 28.1 Å². The lowest BCUT2D eigenvalue weighted by molar-refractivity contribution is 0.0661. The number of carbonyl (C=O) groups is 1. The Kier molecular flexibility index (Phi) is 3.26. The number of oxazole rings is 1. The molecule has 0 bridgehead atoms. The lowest BCUT2D eigenvalue weighted by atomic mass is 10.2. The molecule has 0 aliphatic heterocycles. The number of aromatic carboxylic acids is 1. The highest BCUT2D eigenvalue weighted by atomic mass is 79.9. The maximum atomic E-state index is 10.9. The Hall–Kier alpha value is -1.66. The Balaban J connectivity index is 2.54. The van der Waals surface area contributed by atoms with E-state index in [4.69, 9.17) is 15.3 Å². The van der Waals surface area contributed by atoms with E-state index >= 15 is 0 Å². The lowest BCUT2D eigenvalue weighted by Gasteiger charge is -1.97. The van der Waals surface area contributed by atoms with E-state index in [1.165, 1.54) is 0 Å². The van der Waals surface area contributed by atoms with Gasteiger partial charge >= 0.3 is 5.97 Å². The number of benzene rings is 1. The van der Waals surface area contributed by atoms with Gasteiger partial charge in [0.2, 0.25) is 11.7 Å². The summed E-state index contributed by atoms with van der Waals surface area (Å²) in [6, 6.07) is 7.26. The van der Waals surface area contributed by atoms with Gasteiger partial charge in [-0.3, -0.25) is 0 Å². The molecule has 0 amide bonds. The summed E-state index contributed by atoms with van der Waals surface area (Å²) in [5.74, 6) is -1.13. The third-order valence-corrected chi connectivity index (χ3v) is 2.88. The minimum atomic E-state index is -1.17. The summed E-state index contributed by atoms with van der Waals surface area (Å²) < 4.78 is 5.99. The van der Waals surface area contributed by atoms with Crippen LogP contribution in [0.4, 0.5) is 0 Å². The molecule has 0 spiro atoms. The van der Waals surface area contributed by atoms with Crippen LogP contribution in [-0.4, -0.2) is 16.1 Å². The first kappa shape index (κ1) is 11.8. The van der Waals surface area contributed by atoms with Crippen LogP contribution >= 0.6 is 15.9 Å². The number of nitrogens with zero attached hydrogens (tertiary/aromatic N) is 1. The number of carboxylic acids is 1. The van der Waals surface area contributed by atoms with Crippen molar-refractivity contribution in [1.29, 1.82) is 0 Å². The summed E-state index contributed by atoms with van der Waals surface area (Å²) in [5.41, 5.74) is 6.35. The third kappa shape index (κ3) is 2.22. The molecule has 88 valence electrons. The predicted molar refractivity (Wildman–Crippen MR) is 64.5 cm³/mol. The first-order valence-corrected chi connectivity index (χ1v) is 5.60. The molecule has 17 heavy (non-hydrogen) atoms. The van der Waals surface area contributed by atoms with Crippen molar-refractivity contribution in [2.45, 2.75) is 6.54 Å². The summed E-state index contributed by atoms with van der Waals surface area (Å²) in [6.45, 7) is 0.0234. The summed E-state index contributed by atoms with van der Waals surface area (Å²) in [4.78, 5) is 15.0. The van der Waals surface area contributed by atoms with E-state index in [1.54, 1.807) is 6.07 Å². The fraction of sp³-hybridized carbons (Fsp3) is 0.0909. The highest BCUT2D eigenvalue weighted by Crippen LogP contribution is 2.28. The SMILES string of the molecule is NCc1nc(-c2ccccc2Br)oc1C(=O)O. The number of halogens is 1. The fourth-order valence-corrected chi connectivity index (χ4v) is 1.86. The van der Waals surface area contributed by atoms with E-state index in [0.29, 0.717) is 5.56 Å². The van der Waals surface area contributed by atoms with Crippen LogP contribution in [-0.2, 0) is 6.54 Å². The van der Waals surface area contributed by atoms with Crippen LogP contribution in [0.1, 0.15) is 16.2 Å². The maximum absolute atomic E-state index is 10.9. The average molecular weight is 297 g/mol. The third-order valence-electron chi connectivity index (χ3n) is 2.19. The Morgan fingerprint density at radius 3 is 2.71 bits per heavy atom. The predicted octanol–water partition coefficient (Wildman–Crippen LogP) is 2.26. The fourth-order valence-electron chi connectivity index (χ4n) is 1.41. The Labute approximate surface area is 105 Å². The van der Waals surface area contributed by atoms with Crippen LogP contribution in [0.15, 0.2) is 33.2 Å². The number of carboxylic acid groups (broad SMARTS) is 1. The van der Waals surface area contributed by atoms with Crippen molar-refractivity contribution in [3.8, 4) is 11.5 Å². The van der Waals surface area contributed by atoms with Crippen LogP contribution in [0.3, 0.4) is 0 Å². The highest BCUT2D eigenvalue weighted by molar-refractivity contribution is 9.10. The van der Waals surface area contributed by atoms with Crippen molar-refractivity contribution in [3.63, 3.8) is 0 Å². The standard InChI is InChI=1S/C11H9BrN2O3/c12-7-4-2-1-3-6(7)10-14-8(5-13)9(17-10)11(15)16/h1-4H,5,13H2,(H,15,16). The maximum Gasteiger partial charge on any atom is 0.373 e. The zero-order chi connectivity index (χ0) is 12.4. The first-order valence-electron chi connectivity index (χ1n) is 4.81. The topological polar surface area (TPSA) is 89.4 Å². The van der Waals surface area contributed by atoms with E-state index < -0.39 is 5.97 Å². The lowest BCUT2D eigenvalue weighted by Crippen LogP contribution is -2.04. The zero-order valence-corrected chi connectivity index (χ0v) is 10.3. The molecule has 0 fully saturated rings. The molecule has 1 aromatic carbocycles. The monoisotopic (exact) mass is 296 g/mol. The van der Waals surface area contributed by atoms with E-state index in [-0.39, 0.29) is 23.9 Å². The Morgan fingerprint density at radius 2 is 2.18 bits per heavy atom. The van der Waals surface area contributed by atoms with Crippen molar-refractivity contribution >= 4 is 21.9 Å². The molecule has 6 heteroatoms. The van der Waals surface area contributed by atoms with Gasteiger partial charge in [-0.15, -0.1) is 0 Å². The van der Waals surface area contributed by atoms with E-state index in [2.05, 4.69) is 20.9 Å². The van der Waals surface area contributed by atoms with Crippen molar-refractivity contribution in [1.82, 2.24) is 4.98 Å². The number of nitrogens with two attached hydrogens (primary N) is 1.